The highest BCUT2D eigenvalue weighted by Crippen LogP contribution is 2.11. The molecule has 0 amide bonds. The van der Waals surface area contributed by atoms with Crippen LogP contribution in [0.3, 0.4) is 0 Å². The zero-order valence-electron chi connectivity index (χ0n) is 7.10. The standard InChI is InChI=1S/C8H10N4/c1-6(2)7-3-8-9-4-11-12(8)5-10-7/h3-6H,1-2H3. The fraction of sp³-hybridized carbons (Fsp3) is 0.375. The third-order valence-corrected chi connectivity index (χ3v) is 1.79. The summed E-state index contributed by atoms with van der Waals surface area (Å²) in [4.78, 5) is 8.31. The highest BCUT2D eigenvalue weighted by Gasteiger charge is 2.02. The van der Waals surface area contributed by atoms with Gasteiger partial charge in [-0.15, -0.1) is 0 Å². The molecule has 0 aliphatic rings. The smallest absolute Gasteiger partial charge is 0.158 e. The molecule has 0 spiro atoms. The zero-order chi connectivity index (χ0) is 8.55. The van der Waals surface area contributed by atoms with Gasteiger partial charge in [0.15, 0.2) is 5.65 Å². The van der Waals surface area contributed by atoms with E-state index in [0.29, 0.717) is 5.92 Å². The second-order valence-electron chi connectivity index (χ2n) is 3.03. The van der Waals surface area contributed by atoms with Crippen LogP contribution in [0.4, 0.5) is 0 Å². The summed E-state index contributed by atoms with van der Waals surface area (Å²) < 4.78 is 1.66. The molecule has 0 aliphatic carbocycles. The Labute approximate surface area is 70.3 Å². The van der Waals surface area contributed by atoms with Gasteiger partial charge in [-0.05, 0) is 5.92 Å². The lowest BCUT2D eigenvalue weighted by molar-refractivity contribution is 0.798. The van der Waals surface area contributed by atoms with Crippen molar-refractivity contribution in [2.24, 2.45) is 0 Å². The fourth-order valence-corrected chi connectivity index (χ4v) is 1.06. The first-order chi connectivity index (χ1) is 5.77. The Morgan fingerprint density at radius 2 is 2.17 bits per heavy atom. The lowest BCUT2D eigenvalue weighted by Gasteiger charge is -2.02. The van der Waals surface area contributed by atoms with E-state index in [2.05, 4.69) is 28.9 Å². The van der Waals surface area contributed by atoms with Crippen LogP contribution in [0.5, 0.6) is 0 Å². The average molecular weight is 162 g/mol. The van der Waals surface area contributed by atoms with E-state index < -0.39 is 0 Å². The predicted octanol–water partition coefficient (Wildman–Crippen LogP) is 1.25. The third kappa shape index (κ3) is 1.05. The number of fused-ring (bicyclic) bond motifs is 1. The van der Waals surface area contributed by atoms with Gasteiger partial charge in [-0.1, -0.05) is 13.8 Å². The third-order valence-electron chi connectivity index (χ3n) is 1.79. The first kappa shape index (κ1) is 7.21. The molecule has 12 heavy (non-hydrogen) atoms. The molecular formula is C8H10N4. The second kappa shape index (κ2) is 2.55. The molecule has 0 fully saturated rings. The predicted molar refractivity (Wildman–Crippen MR) is 44.9 cm³/mol. The number of hydrogen-bond acceptors (Lipinski definition) is 3. The molecular weight excluding hydrogens is 152 g/mol. The minimum Gasteiger partial charge on any atom is -0.241 e. The normalized spacial score (nSPS) is 11.2. The van der Waals surface area contributed by atoms with Gasteiger partial charge in [0.05, 0.1) is 0 Å². The summed E-state index contributed by atoms with van der Waals surface area (Å²) in [5.74, 6) is 0.437. The summed E-state index contributed by atoms with van der Waals surface area (Å²) in [6, 6.07) is 1.96. The zero-order valence-corrected chi connectivity index (χ0v) is 7.10. The Morgan fingerprint density at radius 3 is 2.92 bits per heavy atom. The van der Waals surface area contributed by atoms with Crippen LogP contribution < -0.4 is 0 Å². The molecule has 0 saturated heterocycles. The van der Waals surface area contributed by atoms with Crippen molar-refractivity contribution in [3.05, 3.63) is 24.4 Å². The van der Waals surface area contributed by atoms with E-state index in [-0.39, 0.29) is 0 Å². The van der Waals surface area contributed by atoms with Crippen LogP contribution in [0.15, 0.2) is 18.7 Å². The molecule has 0 aromatic carbocycles. The van der Waals surface area contributed by atoms with Gasteiger partial charge < -0.3 is 0 Å². The number of hydrogen-bond donors (Lipinski definition) is 0. The highest BCUT2D eigenvalue weighted by molar-refractivity contribution is 5.37. The van der Waals surface area contributed by atoms with Gasteiger partial charge in [0.25, 0.3) is 0 Å². The molecule has 0 N–H and O–H groups in total. The van der Waals surface area contributed by atoms with Crippen LogP contribution in [0, 0.1) is 0 Å². The maximum atomic E-state index is 4.24. The minimum atomic E-state index is 0.437. The Kier molecular flexibility index (Phi) is 1.53. The topological polar surface area (TPSA) is 43.1 Å². The van der Waals surface area contributed by atoms with Crippen LogP contribution in [0.25, 0.3) is 5.65 Å². The van der Waals surface area contributed by atoms with Gasteiger partial charge in [-0.3, -0.25) is 0 Å². The number of nitrogens with zero attached hydrogens (tertiary/aromatic N) is 4. The van der Waals surface area contributed by atoms with Crippen LogP contribution in [-0.4, -0.2) is 19.6 Å². The monoisotopic (exact) mass is 162 g/mol. The van der Waals surface area contributed by atoms with E-state index in [1.807, 2.05) is 6.07 Å². The number of aromatic nitrogens is 4. The van der Waals surface area contributed by atoms with Crippen molar-refractivity contribution in [1.82, 2.24) is 19.6 Å². The highest BCUT2D eigenvalue weighted by atomic mass is 15.3. The lowest BCUT2D eigenvalue weighted by atomic mass is 10.1. The van der Waals surface area contributed by atoms with Crippen molar-refractivity contribution in [2.45, 2.75) is 19.8 Å². The molecule has 62 valence electrons. The van der Waals surface area contributed by atoms with E-state index in [4.69, 9.17) is 0 Å². The molecule has 2 rings (SSSR count). The summed E-state index contributed by atoms with van der Waals surface area (Å²) >= 11 is 0. The molecule has 2 aromatic heterocycles. The summed E-state index contributed by atoms with van der Waals surface area (Å²) in [6.07, 6.45) is 3.22. The quantitative estimate of drug-likeness (QED) is 0.633. The van der Waals surface area contributed by atoms with Gasteiger partial charge >= 0.3 is 0 Å². The lowest BCUT2D eigenvalue weighted by Crippen LogP contribution is -1.96. The first-order valence-electron chi connectivity index (χ1n) is 3.92. The Morgan fingerprint density at radius 1 is 1.33 bits per heavy atom. The van der Waals surface area contributed by atoms with Crippen LogP contribution in [0.1, 0.15) is 25.5 Å². The van der Waals surface area contributed by atoms with Crippen molar-refractivity contribution in [1.29, 1.82) is 0 Å². The van der Waals surface area contributed by atoms with Crippen molar-refractivity contribution >= 4 is 5.65 Å². The van der Waals surface area contributed by atoms with E-state index >= 15 is 0 Å². The van der Waals surface area contributed by atoms with E-state index in [1.54, 1.807) is 10.8 Å². The SMILES string of the molecule is CC(C)c1cc2ncnn2cn1. The van der Waals surface area contributed by atoms with E-state index in [0.717, 1.165) is 11.3 Å². The van der Waals surface area contributed by atoms with Gasteiger partial charge in [0.1, 0.15) is 12.7 Å². The van der Waals surface area contributed by atoms with E-state index in [1.165, 1.54) is 6.33 Å². The second-order valence-corrected chi connectivity index (χ2v) is 3.03. The van der Waals surface area contributed by atoms with Gasteiger partial charge in [-0.2, -0.15) is 5.10 Å². The molecule has 4 nitrogen and oxygen atoms in total. The van der Waals surface area contributed by atoms with Crippen LogP contribution in [0.2, 0.25) is 0 Å². The average Bonchev–Trinajstić information content (AvgIpc) is 2.49. The molecule has 0 aliphatic heterocycles. The van der Waals surface area contributed by atoms with Crippen LogP contribution >= 0.6 is 0 Å². The molecule has 0 bridgehead atoms. The van der Waals surface area contributed by atoms with Crippen LogP contribution in [-0.2, 0) is 0 Å². The molecule has 0 saturated carbocycles. The van der Waals surface area contributed by atoms with Crippen molar-refractivity contribution in [2.75, 3.05) is 0 Å². The molecule has 0 radical (unpaired) electrons. The summed E-state index contributed by atoms with van der Waals surface area (Å²) in [5, 5.41) is 3.96. The number of rotatable bonds is 1. The summed E-state index contributed by atoms with van der Waals surface area (Å²) in [5.41, 5.74) is 1.91. The molecule has 2 heterocycles. The van der Waals surface area contributed by atoms with Crippen molar-refractivity contribution in [3.63, 3.8) is 0 Å². The van der Waals surface area contributed by atoms with Gasteiger partial charge in [0, 0.05) is 11.8 Å². The Bertz CT molecular complexity index is 391. The Balaban J connectivity index is 2.60. The summed E-state index contributed by atoms with van der Waals surface area (Å²) in [6.45, 7) is 4.21. The fourth-order valence-electron chi connectivity index (χ4n) is 1.06. The van der Waals surface area contributed by atoms with Crippen molar-refractivity contribution in [3.8, 4) is 0 Å². The maximum absolute atomic E-state index is 4.24. The maximum Gasteiger partial charge on any atom is 0.158 e. The van der Waals surface area contributed by atoms with Crippen molar-refractivity contribution < 1.29 is 0 Å². The summed E-state index contributed by atoms with van der Waals surface area (Å²) in [7, 11) is 0. The molecule has 2 aromatic rings. The van der Waals surface area contributed by atoms with Gasteiger partial charge in [0.2, 0.25) is 0 Å². The molecule has 0 atom stereocenters. The van der Waals surface area contributed by atoms with Gasteiger partial charge in [-0.25, -0.2) is 14.5 Å². The Hall–Kier alpha value is -1.45. The first-order valence-corrected chi connectivity index (χ1v) is 3.92. The molecule has 4 heteroatoms. The minimum absolute atomic E-state index is 0.437. The molecule has 0 unspecified atom stereocenters. The largest absolute Gasteiger partial charge is 0.241 e. The van der Waals surface area contributed by atoms with E-state index in [9.17, 15) is 0 Å².